The van der Waals surface area contributed by atoms with E-state index in [1.165, 1.54) is 0 Å². The van der Waals surface area contributed by atoms with Gasteiger partial charge in [0.1, 0.15) is 0 Å². The fourth-order valence-electron chi connectivity index (χ4n) is 3.45. The minimum absolute atomic E-state index is 0.102. The van der Waals surface area contributed by atoms with Gasteiger partial charge in [-0.2, -0.15) is 0 Å². The van der Waals surface area contributed by atoms with Gasteiger partial charge < -0.3 is 15.0 Å². The number of hydrogen-bond acceptors (Lipinski definition) is 5. The quantitative estimate of drug-likeness (QED) is 0.727. The molecule has 0 spiro atoms. The van der Waals surface area contributed by atoms with Crippen LogP contribution in [0, 0.1) is 0 Å². The smallest absolute Gasteiger partial charge is 0.242 e. The lowest BCUT2D eigenvalue weighted by atomic mass is 9.99. The molecule has 0 aliphatic carbocycles. The number of pyridine rings is 2. The molecule has 0 saturated carbocycles. The van der Waals surface area contributed by atoms with Gasteiger partial charge in [-0.25, -0.2) is 0 Å². The second-order valence-electron chi connectivity index (χ2n) is 7.06. The SMILES string of the molecule is C/C(=C\NCC(=O)N1CCOCC1)c1ccc(-c2cncc3ccncc23)cc1. The third kappa shape index (κ3) is 4.43. The highest BCUT2D eigenvalue weighted by molar-refractivity contribution is 5.95. The van der Waals surface area contributed by atoms with Crippen LogP contribution in [0.2, 0.25) is 0 Å². The van der Waals surface area contributed by atoms with Crippen LogP contribution < -0.4 is 5.32 Å². The number of allylic oxidation sites excluding steroid dienone is 1. The summed E-state index contributed by atoms with van der Waals surface area (Å²) in [7, 11) is 0. The van der Waals surface area contributed by atoms with Gasteiger partial charge in [-0.1, -0.05) is 24.3 Å². The standard InChI is InChI=1S/C23H24N4O2/c1-17(12-25-16-23(28)27-8-10-29-11-9-27)18-2-4-19(5-3-18)21-15-26-13-20-6-7-24-14-22(20)21/h2-7,12-15,25H,8-11,16H2,1H3/b17-12+. The van der Waals surface area contributed by atoms with Crippen LogP contribution in [0.1, 0.15) is 12.5 Å². The molecule has 1 aliphatic rings. The van der Waals surface area contributed by atoms with E-state index in [-0.39, 0.29) is 5.91 Å². The summed E-state index contributed by atoms with van der Waals surface area (Å²) in [5, 5.41) is 5.30. The molecule has 3 aromatic rings. The number of benzene rings is 1. The Labute approximate surface area is 170 Å². The molecule has 1 aromatic carbocycles. The Bertz CT molecular complexity index is 1020. The van der Waals surface area contributed by atoms with E-state index in [9.17, 15) is 4.79 Å². The second-order valence-corrected chi connectivity index (χ2v) is 7.06. The molecule has 1 N–H and O–H groups in total. The maximum atomic E-state index is 12.2. The minimum atomic E-state index is 0.102. The zero-order chi connectivity index (χ0) is 20.1. The van der Waals surface area contributed by atoms with Gasteiger partial charge in [0.05, 0.1) is 19.8 Å². The van der Waals surface area contributed by atoms with E-state index in [4.69, 9.17) is 4.74 Å². The van der Waals surface area contributed by atoms with Crippen LogP contribution in [0.15, 0.2) is 61.3 Å². The van der Waals surface area contributed by atoms with Gasteiger partial charge >= 0.3 is 0 Å². The van der Waals surface area contributed by atoms with Gasteiger partial charge in [-0.15, -0.1) is 0 Å². The van der Waals surface area contributed by atoms with E-state index in [2.05, 4.69) is 39.6 Å². The largest absolute Gasteiger partial charge is 0.382 e. The lowest BCUT2D eigenvalue weighted by Crippen LogP contribution is -2.44. The summed E-state index contributed by atoms with van der Waals surface area (Å²) in [6, 6.07) is 10.3. The van der Waals surface area contributed by atoms with Gasteiger partial charge in [-0.3, -0.25) is 14.8 Å². The third-order valence-electron chi connectivity index (χ3n) is 5.15. The second kappa shape index (κ2) is 8.84. The van der Waals surface area contributed by atoms with Crippen molar-refractivity contribution in [3.05, 3.63) is 66.9 Å². The van der Waals surface area contributed by atoms with Crippen LogP contribution in [0.4, 0.5) is 0 Å². The van der Waals surface area contributed by atoms with Crippen molar-refractivity contribution in [3.63, 3.8) is 0 Å². The number of rotatable bonds is 5. The summed E-state index contributed by atoms with van der Waals surface area (Å²) in [5.74, 6) is 0.102. The van der Waals surface area contributed by atoms with Crippen molar-refractivity contribution >= 4 is 22.3 Å². The average molecular weight is 388 g/mol. The first-order valence-electron chi connectivity index (χ1n) is 9.76. The molecule has 0 bridgehead atoms. The number of carbonyl (C=O) groups is 1. The summed E-state index contributed by atoms with van der Waals surface area (Å²) in [5.41, 5.74) is 4.34. The van der Waals surface area contributed by atoms with Crippen LogP contribution in [-0.4, -0.2) is 53.6 Å². The highest BCUT2D eigenvalue weighted by Gasteiger charge is 2.15. The van der Waals surface area contributed by atoms with E-state index in [1.54, 1.807) is 6.20 Å². The highest BCUT2D eigenvalue weighted by atomic mass is 16.5. The van der Waals surface area contributed by atoms with Crippen molar-refractivity contribution in [2.45, 2.75) is 6.92 Å². The van der Waals surface area contributed by atoms with Crippen molar-refractivity contribution in [1.29, 1.82) is 0 Å². The molecule has 6 nitrogen and oxygen atoms in total. The fraction of sp³-hybridized carbons (Fsp3) is 0.261. The number of nitrogens with one attached hydrogen (secondary N) is 1. The molecule has 148 valence electrons. The van der Waals surface area contributed by atoms with E-state index >= 15 is 0 Å². The fourth-order valence-corrected chi connectivity index (χ4v) is 3.45. The Kier molecular flexibility index (Phi) is 5.81. The van der Waals surface area contributed by atoms with E-state index in [0.29, 0.717) is 32.8 Å². The molecule has 0 unspecified atom stereocenters. The van der Waals surface area contributed by atoms with Crippen molar-refractivity contribution < 1.29 is 9.53 Å². The average Bonchev–Trinajstić information content (AvgIpc) is 2.79. The summed E-state index contributed by atoms with van der Waals surface area (Å²) in [4.78, 5) is 22.6. The Morgan fingerprint density at radius 2 is 1.90 bits per heavy atom. The topological polar surface area (TPSA) is 67.4 Å². The van der Waals surface area contributed by atoms with Crippen molar-refractivity contribution in [3.8, 4) is 11.1 Å². The Hall–Kier alpha value is -3.25. The zero-order valence-electron chi connectivity index (χ0n) is 16.5. The first kappa shape index (κ1) is 19.1. The first-order valence-corrected chi connectivity index (χ1v) is 9.76. The Morgan fingerprint density at radius 3 is 2.69 bits per heavy atom. The number of carbonyl (C=O) groups excluding carboxylic acids is 1. The zero-order valence-corrected chi connectivity index (χ0v) is 16.5. The van der Waals surface area contributed by atoms with E-state index in [0.717, 1.165) is 33.0 Å². The summed E-state index contributed by atoms with van der Waals surface area (Å²) in [6.45, 7) is 4.91. The van der Waals surface area contributed by atoms with Gasteiger partial charge in [0.25, 0.3) is 0 Å². The molecule has 1 aliphatic heterocycles. The number of morpholine rings is 1. The molecule has 1 fully saturated rings. The van der Waals surface area contributed by atoms with E-state index < -0.39 is 0 Å². The molecular formula is C23H24N4O2. The van der Waals surface area contributed by atoms with Crippen LogP contribution in [0.3, 0.4) is 0 Å². The molecule has 1 amide bonds. The molecule has 6 heteroatoms. The summed E-state index contributed by atoms with van der Waals surface area (Å²) < 4.78 is 5.28. The van der Waals surface area contributed by atoms with Gasteiger partial charge in [0.15, 0.2) is 0 Å². The number of ether oxygens (including phenoxy) is 1. The highest BCUT2D eigenvalue weighted by Crippen LogP contribution is 2.28. The van der Waals surface area contributed by atoms with Gasteiger partial charge in [0.2, 0.25) is 5.91 Å². The maximum absolute atomic E-state index is 12.2. The van der Waals surface area contributed by atoms with Crippen LogP contribution >= 0.6 is 0 Å². The number of aromatic nitrogens is 2. The summed E-state index contributed by atoms with van der Waals surface area (Å²) in [6.07, 6.45) is 9.28. The predicted molar refractivity (Wildman–Crippen MR) is 114 cm³/mol. The maximum Gasteiger partial charge on any atom is 0.242 e. The van der Waals surface area contributed by atoms with Crippen LogP contribution in [0.5, 0.6) is 0 Å². The molecule has 0 radical (unpaired) electrons. The normalized spacial score (nSPS) is 14.8. The van der Waals surface area contributed by atoms with Crippen molar-refractivity contribution in [2.75, 3.05) is 32.8 Å². The molecular weight excluding hydrogens is 364 g/mol. The number of amides is 1. The number of fused-ring (bicyclic) bond motifs is 1. The number of nitrogens with zero attached hydrogens (tertiary/aromatic N) is 3. The molecule has 2 aromatic heterocycles. The Balaban J connectivity index is 1.43. The molecule has 1 saturated heterocycles. The van der Waals surface area contributed by atoms with Gasteiger partial charge in [0, 0.05) is 60.4 Å². The molecule has 4 rings (SSSR count). The minimum Gasteiger partial charge on any atom is -0.382 e. The van der Waals surface area contributed by atoms with Crippen molar-refractivity contribution in [2.24, 2.45) is 0 Å². The molecule has 0 atom stereocenters. The third-order valence-corrected chi connectivity index (χ3v) is 5.15. The van der Waals surface area contributed by atoms with Gasteiger partial charge in [-0.05, 0) is 29.7 Å². The van der Waals surface area contributed by atoms with Crippen molar-refractivity contribution in [1.82, 2.24) is 20.2 Å². The van der Waals surface area contributed by atoms with E-state index in [1.807, 2.05) is 42.7 Å². The Morgan fingerprint density at radius 1 is 1.10 bits per heavy atom. The first-order chi connectivity index (χ1) is 14.2. The molecule has 29 heavy (non-hydrogen) atoms. The van der Waals surface area contributed by atoms with Crippen LogP contribution in [0.25, 0.3) is 27.5 Å². The lowest BCUT2D eigenvalue weighted by Gasteiger charge is -2.26. The molecule has 3 heterocycles. The van der Waals surface area contributed by atoms with Crippen LogP contribution in [-0.2, 0) is 9.53 Å². The number of hydrogen-bond donors (Lipinski definition) is 1. The summed E-state index contributed by atoms with van der Waals surface area (Å²) >= 11 is 0. The predicted octanol–water partition coefficient (Wildman–Crippen LogP) is 3.11. The monoisotopic (exact) mass is 388 g/mol. The lowest BCUT2D eigenvalue weighted by molar-refractivity contribution is -0.134.